The minimum atomic E-state index is -3.19. The van der Waals surface area contributed by atoms with Crippen LogP contribution in [0.3, 0.4) is 0 Å². The first-order valence-corrected chi connectivity index (χ1v) is 8.06. The Hall–Kier alpha value is -1.60. The molecule has 1 aromatic rings. The Morgan fingerprint density at radius 2 is 1.95 bits per heavy atom. The highest BCUT2D eigenvalue weighted by Gasteiger charge is 2.05. The molecule has 0 heterocycles. The van der Waals surface area contributed by atoms with E-state index in [1.165, 1.54) is 6.92 Å². The van der Waals surface area contributed by atoms with Gasteiger partial charge in [0.05, 0.1) is 6.26 Å². The van der Waals surface area contributed by atoms with Gasteiger partial charge in [-0.05, 0) is 18.1 Å². The Kier molecular flexibility index (Phi) is 6.47. The predicted molar refractivity (Wildman–Crippen MR) is 75.1 cm³/mol. The third-order valence-corrected chi connectivity index (χ3v) is 3.11. The molecule has 0 aliphatic carbocycles. The maximum atomic E-state index is 11.0. The van der Waals surface area contributed by atoms with Gasteiger partial charge in [-0.25, -0.2) is 13.1 Å². The van der Waals surface area contributed by atoms with Crippen LogP contribution in [0.15, 0.2) is 24.3 Å². The van der Waals surface area contributed by atoms with Gasteiger partial charge >= 0.3 is 5.97 Å². The first-order valence-electron chi connectivity index (χ1n) is 6.17. The Morgan fingerprint density at radius 3 is 2.60 bits per heavy atom. The molecule has 20 heavy (non-hydrogen) atoms. The lowest BCUT2D eigenvalue weighted by molar-refractivity contribution is -0.141. The number of rotatable bonds is 8. The molecule has 1 N–H and O–H groups in total. The van der Waals surface area contributed by atoms with E-state index in [9.17, 15) is 13.2 Å². The standard InChI is InChI=1S/C13H19NO5S/c1-11(15)18-9-10-19-13-6-4-3-5-12(13)7-8-14-20(2,16)17/h3-6,14H,7-10H2,1-2H3. The van der Waals surface area contributed by atoms with Gasteiger partial charge in [0.15, 0.2) is 0 Å². The number of nitrogens with one attached hydrogen (secondary N) is 1. The zero-order valence-electron chi connectivity index (χ0n) is 11.6. The lowest BCUT2D eigenvalue weighted by atomic mass is 10.1. The summed E-state index contributed by atoms with van der Waals surface area (Å²) in [6.45, 7) is 2.09. The Bertz CT molecular complexity index is 541. The topological polar surface area (TPSA) is 81.7 Å². The summed E-state index contributed by atoms with van der Waals surface area (Å²) in [7, 11) is -3.19. The second-order valence-electron chi connectivity index (χ2n) is 4.21. The molecule has 112 valence electrons. The molecule has 0 aromatic heterocycles. The third-order valence-electron chi connectivity index (χ3n) is 2.38. The van der Waals surface area contributed by atoms with Gasteiger partial charge in [-0.15, -0.1) is 0 Å². The van der Waals surface area contributed by atoms with Crippen molar-refractivity contribution in [3.05, 3.63) is 29.8 Å². The van der Waals surface area contributed by atoms with Gasteiger partial charge < -0.3 is 9.47 Å². The highest BCUT2D eigenvalue weighted by atomic mass is 32.2. The van der Waals surface area contributed by atoms with E-state index in [2.05, 4.69) is 4.72 Å². The zero-order valence-corrected chi connectivity index (χ0v) is 12.4. The fourth-order valence-electron chi connectivity index (χ4n) is 1.56. The summed E-state index contributed by atoms with van der Waals surface area (Å²) in [6.07, 6.45) is 1.64. The number of sulfonamides is 1. The van der Waals surface area contributed by atoms with Crippen molar-refractivity contribution < 1.29 is 22.7 Å². The van der Waals surface area contributed by atoms with E-state index in [4.69, 9.17) is 9.47 Å². The zero-order chi connectivity index (χ0) is 15.0. The second-order valence-corrected chi connectivity index (χ2v) is 6.05. The molecular formula is C13H19NO5S. The quantitative estimate of drug-likeness (QED) is 0.565. The molecule has 1 rings (SSSR count). The summed E-state index contributed by atoms with van der Waals surface area (Å²) in [6, 6.07) is 7.35. The van der Waals surface area contributed by atoms with E-state index in [-0.39, 0.29) is 19.2 Å². The van der Waals surface area contributed by atoms with Crippen LogP contribution in [0.5, 0.6) is 5.75 Å². The molecule has 0 atom stereocenters. The molecule has 0 saturated carbocycles. The second kappa shape index (κ2) is 7.86. The smallest absolute Gasteiger partial charge is 0.302 e. The number of ether oxygens (including phenoxy) is 2. The monoisotopic (exact) mass is 301 g/mol. The van der Waals surface area contributed by atoms with Crippen molar-refractivity contribution in [2.45, 2.75) is 13.3 Å². The Balaban J connectivity index is 2.48. The van der Waals surface area contributed by atoms with Crippen molar-refractivity contribution in [2.24, 2.45) is 0 Å². The average molecular weight is 301 g/mol. The van der Waals surface area contributed by atoms with Gasteiger partial charge in [0.2, 0.25) is 10.0 Å². The van der Waals surface area contributed by atoms with Crippen LogP contribution < -0.4 is 9.46 Å². The molecular weight excluding hydrogens is 282 g/mol. The first kappa shape index (κ1) is 16.5. The molecule has 1 aromatic carbocycles. The normalized spacial score (nSPS) is 11.1. The highest BCUT2D eigenvalue weighted by molar-refractivity contribution is 7.88. The molecule has 0 saturated heterocycles. The number of para-hydroxylation sites is 1. The lowest BCUT2D eigenvalue weighted by Crippen LogP contribution is -2.24. The third kappa shape index (κ3) is 7.10. The summed E-state index contributed by atoms with van der Waals surface area (Å²) in [4.78, 5) is 10.6. The molecule has 7 heteroatoms. The van der Waals surface area contributed by atoms with Crippen LogP contribution in [-0.2, 0) is 26.0 Å². The molecule has 0 fully saturated rings. The van der Waals surface area contributed by atoms with Gasteiger partial charge in [-0.3, -0.25) is 4.79 Å². The van der Waals surface area contributed by atoms with Crippen LogP contribution in [0.1, 0.15) is 12.5 Å². The average Bonchev–Trinajstić information content (AvgIpc) is 2.34. The van der Waals surface area contributed by atoms with E-state index in [0.29, 0.717) is 18.7 Å². The summed E-state index contributed by atoms with van der Waals surface area (Å²) in [5.74, 6) is 0.314. The molecule has 0 radical (unpaired) electrons. The summed E-state index contributed by atoms with van der Waals surface area (Å²) < 4.78 is 34.7. The Labute approximate surface area is 119 Å². The van der Waals surface area contributed by atoms with Crippen molar-refractivity contribution in [3.8, 4) is 5.75 Å². The molecule has 0 aliphatic heterocycles. The molecule has 0 unspecified atom stereocenters. The minimum absolute atomic E-state index is 0.186. The molecule has 0 aliphatic rings. The summed E-state index contributed by atoms with van der Waals surface area (Å²) in [5.41, 5.74) is 0.895. The van der Waals surface area contributed by atoms with Crippen molar-refractivity contribution in [2.75, 3.05) is 26.0 Å². The lowest BCUT2D eigenvalue weighted by Gasteiger charge is -2.11. The largest absolute Gasteiger partial charge is 0.490 e. The van der Waals surface area contributed by atoms with Crippen LogP contribution in [-0.4, -0.2) is 40.4 Å². The van der Waals surface area contributed by atoms with Crippen LogP contribution in [0, 0.1) is 0 Å². The van der Waals surface area contributed by atoms with Gasteiger partial charge in [0, 0.05) is 13.5 Å². The maximum Gasteiger partial charge on any atom is 0.302 e. The molecule has 0 bridgehead atoms. The van der Waals surface area contributed by atoms with Crippen molar-refractivity contribution >= 4 is 16.0 Å². The van der Waals surface area contributed by atoms with Crippen molar-refractivity contribution in [3.63, 3.8) is 0 Å². The number of hydrogen-bond acceptors (Lipinski definition) is 5. The number of benzene rings is 1. The van der Waals surface area contributed by atoms with Crippen molar-refractivity contribution in [1.29, 1.82) is 0 Å². The first-order chi connectivity index (χ1) is 9.38. The van der Waals surface area contributed by atoms with E-state index >= 15 is 0 Å². The number of esters is 1. The number of carbonyl (C=O) groups is 1. The molecule has 6 nitrogen and oxygen atoms in total. The number of carbonyl (C=O) groups excluding carboxylic acids is 1. The van der Waals surface area contributed by atoms with Gasteiger partial charge in [-0.2, -0.15) is 0 Å². The fraction of sp³-hybridized carbons (Fsp3) is 0.462. The summed E-state index contributed by atoms with van der Waals surface area (Å²) >= 11 is 0. The molecule has 0 amide bonds. The summed E-state index contributed by atoms with van der Waals surface area (Å²) in [5, 5.41) is 0. The van der Waals surface area contributed by atoms with Gasteiger partial charge in [-0.1, -0.05) is 18.2 Å². The van der Waals surface area contributed by atoms with E-state index < -0.39 is 10.0 Å². The Morgan fingerprint density at radius 1 is 1.25 bits per heavy atom. The van der Waals surface area contributed by atoms with Crippen molar-refractivity contribution in [1.82, 2.24) is 4.72 Å². The van der Waals surface area contributed by atoms with Crippen LogP contribution in [0.4, 0.5) is 0 Å². The maximum absolute atomic E-state index is 11.0. The minimum Gasteiger partial charge on any atom is -0.490 e. The van der Waals surface area contributed by atoms with Crippen LogP contribution >= 0.6 is 0 Å². The van der Waals surface area contributed by atoms with E-state index in [1.807, 2.05) is 18.2 Å². The fourth-order valence-corrected chi connectivity index (χ4v) is 2.03. The highest BCUT2D eigenvalue weighted by Crippen LogP contribution is 2.18. The number of hydrogen-bond donors (Lipinski definition) is 1. The SMILES string of the molecule is CC(=O)OCCOc1ccccc1CCNS(C)(=O)=O. The van der Waals surface area contributed by atoms with E-state index in [1.54, 1.807) is 6.07 Å². The predicted octanol–water partition coefficient (Wildman–Crippen LogP) is 0.720. The van der Waals surface area contributed by atoms with Crippen LogP contribution in [0.2, 0.25) is 0 Å². The van der Waals surface area contributed by atoms with Crippen LogP contribution in [0.25, 0.3) is 0 Å². The van der Waals surface area contributed by atoms with Gasteiger partial charge in [0.1, 0.15) is 19.0 Å². The van der Waals surface area contributed by atoms with E-state index in [0.717, 1.165) is 11.8 Å². The molecule has 0 spiro atoms. The van der Waals surface area contributed by atoms with Gasteiger partial charge in [0.25, 0.3) is 0 Å².